The van der Waals surface area contributed by atoms with E-state index in [-0.39, 0.29) is 17.2 Å². The average molecular weight is 420 g/mol. The molecule has 0 saturated carbocycles. The van der Waals surface area contributed by atoms with E-state index >= 15 is 0 Å². The Hall–Kier alpha value is -3.52. The second-order valence-corrected chi connectivity index (χ2v) is 7.58. The zero-order valence-electron chi connectivity index (χ0n) is 17.3. The molecule has 1 aliphatic heterocycles. The summed E-state index contributed by atoms with van der Waals surface area (Å²) in [7, 11) is 0. The molecule has 3 aromatic rings. The number of ether oxygens (including phenoxy) is 1. The summed E-state index contributed by atoms with van der Waals surface area (Å²) < 4.78 is 5.39. The van der Waals surface area contributed by atoms with E-state index in [1.165, 1.54) is 5.56 Å². The van der Waals surface area contributed by atoms with Crippen molar-refractivity contribution < 1.29 is 14.3 Å². The lowest BCUT2D eigenvalue weighted by Gasteiger charge is -2.35. The van der Waals surface area contributed by atoms with Crippen molar-refractivity contribution in [3.8, 4) is 0 Å². The molecule has 8 nitrogen and oxygen atoms in total. The number of nitrogens with one attached hydrogen (secondary N) is 1. The Morgan fingerprint density at radius 3 is 2.35 bits per heavy atom. The van der Waals surface area contributed by atoms with E-state index < -0.39 is 12.1 Å². The maximum atomic E-state index is 12.8. The second kappa shape index (κ2) is 9.09. The van der Waals surface area contributed by atoms with E-state index in [0.717, 1.165) is 19.6 Å². The van der Waals surface area contributed by atoms with Crippen LogP contribution >= 0.6 is 0 Å². The van der Waals surface area contributed by atoms with Gasteiger partial charge in [0.1, 0.15) is 0 Å². The molecule has 1 aromatic heterocycles. The number of aromatic nitrogens is 2. The SMILES string of the molecule is CC(OC(=O)c1n[nH]c(=O)c2ccccc12)C(=O)N1CCN(Cc2ccccc2)CC1. The number of hydrogen-bond donors (Lipinski definition) is 1. The lowest BCUT2D eigenvalue weighted by molar-refractivity contribution is -0.141. The summed E-state index contributed by atoms with van der Waals surface area (Å²) in [5, 5.41) is 6.88. The van der Waals surface area contributed by atoms with Gasteiger partial charge in [-0.25, -0.2) is 9.89 Å². The van der Waals surface area contributed by atoms with Crippen LogP contribution in [0, 0.1) is 0 Å². The summed E-state index contributed by atoms with van der Waals surface area (Å²) in [6.45, 7) is 5.07. The predicted octanol–water partition coefficient (Wildman–Crippen LogP) is 1.81. The Morgan fingerprint density at radius 1 is 1.00 bits per heavy atom. The number of esters is 1. The smallest absolute Gasteiger partial charge is 0.360 e. The molecule has 1 atom stereocenters. The Morgan fingerprint density at radius 2 is 1.65 bits per heavy atom. The third kappa shape index (κ3) is 4.64. The standard InChI is InChI=1S/C23H24N4O4/c1-16(31-23(30)20-18-9-5-6-10-19(18)21(28)25-24-20)22(29)27-13-11-26(12-14-27)15-17-7-3-2-4-8-17/h2-10,16H,11-15H2,1H3,(H,25,28). The second-order valence-electron chi connectivity index (χ2n) is 7.58. The van der Waals surface area contributed by atoms with Crippen LogP contribution in [0.15, 0.2) is 59.4 Å². The van der Waals surface area contributed by atoms with Crippen LogP contribution < -0.4 is 5.56 Å². The molecular formula is C23H24N4O4. The summed E-state index contributed by atoms with van der Waals surface area (Å²) in [4.78, 5) is 41.4. The molecule has 2 aromatic carbocycles. The first-order valence-electron chi connectivity index (χ1n) is 10.3. The fourth-order valence-electron chi connectivity index (χ4n) is 3.76. The molecule has 1 unspecified atom stereocenters. The molecule has 1 N–H and O–H groups in total. The number of amides is 1. The molecule has 1 saturated heterocycles. The minimum Gasteiger partial charge on any atom is -0.448 e. The Bertz CT molecular complexity index is 1140. The molecule has 1 amide bonds. The van der Waals surface area contributed by atoms with E-state index in [2.05, 4.69) is 27.2 Å². The molecule has 160 valence electrons. The van der Waals surface area contributed by atoms with Crippen molar-refractivity contribution in [3.63, 3.8) is 0 Å². The maximum Gasteiger partial charge on any atom is 0.360 e. The van der Waals surface area contributed by atoms with Crippen LogP contribution in [-0.2, 0) is 16.1 Å². The maximum absolute atomic E-state index is 12.8. The molecule has 8 heteroatoms. The highest BCUT2D eigenvalue weighted by molar-refractivity contribution is 6.02. The molecule has 0 bridgehead atoms. The normalized spacial score (nSPS) is 15.6. The van der Waals surface area contributed by atoms with Crippen LogP contribution in [0.2, 0.25) is 0 Å². The third-order valence-corrected chi connectivity index (χ3v) is 5.45. The van der Waals surface area contributed by atoms with E-state index in [1.54, 1.807) is 36.1 Å². The zero-order chi connectivity index (χ0) is 21.8. The van der Waals surface area contributed by atoms with E-state index in [1.807, 2.05) is 18.2 Å². The highest BCUT2D eigenvalue weighted by Gasteiger charge is 2.28. The number of fused-ring (bicyclic) bond motifs is 1. The molecule has 2 heterocycles. The van der Waals surface area contributed by atoms with Gasteiger partial charge in [0.25, 0.3) is 11.5 Å². The lowest BCUT2D eigenvalue weighted by atomic mass is 10.1. The first kappa shape index (κ1) is 20.7. The summed E-state index contributed by atoms with van der Waals surface area (Å²) >= 11 is 0. The summed E-state index contributed by atoms with van der Waals surface area (Å²) in [6, 6.07) is 16.9. The highest BCUT2D eigenvalue weighted by Crippen LogP contribution is 2.15. The molecule has 1 aliphatic rings. The number of aromatic amines is 1. The van der Waals surface area contributed by atoms with Crippen molar-refractivity contribution in [2.75, 3.05) is 26.2 Å². The van der Waals surface area contributed by atoms with Crippen LogP contribution in [0.3, 0.4) is 0 Å². The van der Waals surface area contributed by atoms with Crippen molar-refractivity contribution >= 4 is 22.6 Å². The first-order chi connectivity index (χ1) is 15.0. The van der Waals surface area contributed by atoms with E-state index in [0.29, 0.717) is 23.9 Å². The zero-order valence-corrected chi connectivity index (χ0v) is 17.3. The van der Waals surface area contributed by atoms with Gasteiger partial charge < -0.3 is 9.64 Å². The average Bonchev–Trinajstić information content (AvgIpc) is 2.80. The monoisotopic (exact) mass is 420 g/mol. The highest BCUT2D eigenvalue weighted by atomic mass is 16.5. The molecule has 0 radical (unpaired) electrons. The molecule has 1 fully saturated rings. The van der Waals surface area contributed by atoms with Gasteiger partial charge in [0.2, 0.25) is 0 Å². The number of hydrogen-bond acceptors (Lipinski definition) is 6. The van der Waals surface area contributed by atoms with Crippen LogP contribution in [0.5, 0.6) is 0 Å². The van der Waals surface area contributed by atoms with Gasteiger partial charge in [-0.15, -0.1) is 0 Å². The van der Waals surface area contributed by atoms with Gasteiger partial charge in [-0.05, 0) is 18.6 Å². The summed E-state index contributed by atoms with van der Waals surface area (Å²) in [5.74, 6) is -0.975. The van der Waals surface area contributed by atoms with Crippen molar-refractivity contribution in [2.45, 2.75) is 19.6 Å². The van der Waals surface area contributed by atoms with Crippen LogP contribution in [0.1, 0.15) is 23.0 Å². The minimum atomic E-state index is -0.944. The van der Waals surface area contributed by atoms with Gasteiger partial charge in [-0.3, -0.25) is 14.5 Å². The number of benzene rings is 2. The largest absolute Gasteiger partial charge is 0.448 e. The Kier molecular flexibility index (Phi) is 6.08. The predicted molar refractivity (Wildman–Crippen MR) is 116 cm³/mol. The van der Waals surface area contributed by atoms with Crippen LogP contribution in [0.25, 0.3) is 10.8 Å². The Labute approximate surface area is 179 Å². The number of carbonyl (C=O) groups is 2. The van der Waals surface area contributed by atoms with Gasteiger partial charge in [0.05, 0.1) is 5.39 Å². The van der Waals surface area contributed by atoms with Crippen molar-refractivity contribution in [1.82, 2.24) is 20.0 Å². The van der Waals surface area contributed by atoms with Crippen molar-refractivity contribution in [1.29, 1.82) is 0 Å². The fourth-order valence-corrected chi connectivity index (χ4v) is 3.76. The summed E-state index contributed by atoms with van der Waals surface area (Å²) in [6.07, 6.45) is -0.944. The van der Waals surface area contributed by atoms with Crippen LogP contribution in [0.4, 0.5) is 0 Å². The van der Waals surface area contributed by atoms with Gasteiger partial charge in [0, 0.05) is 38.1 Å². The van der Waals surface area contributed by atoms with Gasteiger partial charge in [-0.2, -0.15) is 5.10 Å². The quantitative estimate of drug-likeness (QED) is 0.633. The van der Waals surface area contributed by atoms with Crippen molar-refractivity contribution in [3.05, 3.63) is 76.2 Å². The molecule has 4 rings (SSSR count). The number of rotatable bonds is 5. The number of H-pyrrole nitrogens is 1. The van der Waals surface area contributed by atoms with E-state index in [9.17, 15) is 14.4 Å². The molecule has 31 heavy (non-hydrogen) atoms. The first-order valence-corrected chi connectivity index (χ1v) is 10.3. The molecule has 0 aliphatic carbocycles. The van der Waals surface area contributed by atoms with Gasteiger partial charge in [-0.1, -0.05) is 48.5 Å². The number of carbonyl (C=O) groups excluding carboxylic acids is 2. The van der Waals surface area contributed by atoms with Gasteiger partial charge >= 0.3 is 5.97 Å². The number of piperazine rings is 1. The van der Waals surface area contributed by atoms with E-state index in [4.69, 9.17) is 4.74 Å². The minimum absolute atomic E-state index is 0.0115. The topological polar surface area (TPSA) is 95.6 Å². The van der Waals surface area contributed by atoms with Gasteiger partial charge in [0.15, 0.2) is 11.8 Å². The molecule has 0 spiro atoms. The summed E-state index contributed by atoms with van der Waals surface area (Å²) in [5.41, 5.74) is 0.845. The van der Waals surface area contributed by atoms with Crippen molar-refractivity contribution in [2.24, 2.45) is 0 Å². The Balaban J connectivity index is 1.36. The molecular weight excluding hydrogens is 396 g/mol. The number of nitrogens with zero attached hydrogens (tertiary/aromatic N) is 3. The van der Waals surface area contributed by atoms with Crippen LogP contribution in [-0.4, -0.2) is 64.2 Å². The third-order valence-electron chi connectivity index (χ3n) is 5.45. The fraction of sp³-hybridized carbons (Fsp3) is 0.304. The lowest BCUT2D eigenvalue weighted by Crippen LogP contribution is -2.51.